The van der Waals surface area contributed by atoms with E-state index in [-0.39, 0.29) is 18.5 Å². The molecule has 2 aromatic rings. The summed E-state index contributed by atoms with van der Waals surface area (Å²) in [5, 5.41) is 15.2. The molecule has 0 saturated heterocycles. The van der Waals surface area contributed by atoms with Gasteiger partial charge >= 0.3 is 0 Å². The van der Waals surface area contributed by atoms with Gasteiger partial charge in [-0.1, -0.05) is 49.7 Å². The lowest BCUT2D eigenvalue weighted by molar-refractivity contribution is -0.120. The van der Waals surface area contributed by atoms with Crippen molar-refractivity contribution in [2.45, 2.75) is 32.7 Å². The van der Waals surface area contributed by atoms with Crippen LogP contribution in [0, 0.1) is 18.3 Å². The monoisotopic (exact) mass is 321 g/mol. The zero-order valence-electron chi connectivity index (χ0n) is 14.2. The average Bonchev–Trinajstić information content (AvgIpc) is 2.61. The molecule has 4 heteroatoms. The Labute approximate surface area is 143 Å². The number of carbonyl (C=O) groups excluding carboxylic acids is 1. The van der Waals surface area contributed by atoms with Crippen LogP contribution in [0.4, 0.5) is 5.69 Å². The van der Waals surface area contributed by atoms with E-state index < -0.39 is 0 Å². The SMILES string of the molecule is CCCC(NC(=O)CNc1cc(C#N)ccc1C)c1ccccc1. The summed E-state index contributed by atoms with van der Waals surface area (Å²) in [4.78, 5) is 12.3. The van der Waals surface area contributed by atoms with Gasteiger partial charge in [-0.25, -0.2) is 0 Å². The van der Waals surface area contributed by atoms with Crippen molar-refractivity contribution in [3.8, 4) is 6.07 Å². The van der Waals surface area contributed by atoms with Gasteiger partial charge in [-0.15, -0.1) is 0 Å². The molecule has 0 saturated carbocycles. The van der Waals surface area contributed by atoms with Crippen molar-refractivity contribution in [3.05, 3.63) is 65.2 Å². The van der Waals surface area contributed by atoms with Gasteiger partial charge in [0, 0.05) is 5.69 Å². The minimum atomic E-state index is -0.0564. The molecule has 2 rings (SSSR count). The molecule has 4 nitrogen and oxygen atoms in total. The number of benzene rings is 2. The third kappa shape index (κ3) is 4.85. The number of rotatable bonds is 7. The Morgan fingerprint density at radius 2 is 1.96 bits per heavy atom. The van der Waals surface area contributed by atoms with Crippen LogP contribution in [0.25, 0.3) is 0 Å². The highest BCUT2D eigenvalue weighted by Gasteiger charge is 2.13. The van der Waals surface area contributed by atoms with Gasteiger partial charge in [-0.3, -0.25) is 4.79 Å². The summed E-state index contributed by atoms with van der Waals surface area (Å²) in [6, 6.07) is 17.6. The Morgan fingerprint density at radius 1 is 1.21 bits per heavy atom. The minimum absolute atomic E-state index is 0.0250. The van der Waals surface area contributed by atoms with Crippen LogP contribution in [0.1, 0.15) is 42.5 Å². The topological polar surface area (TPSA) is 64.9 Å². The van der Waals surface area contributed by atoms with Gasteiger partial charge in [-0.05, 0) is 36.6 Å². The van der Waals surface area contributed by atoms with E-state index in [0.717, 1.165) is 29.7 Å². The maximum atomic E-state index is 12.3. The molecular formula is C20H23N3O. The van der Waals surface area contributed by atoms with Crippen molar-refractivity contribution in [2.24, 2.45) is 0 Å². The number of nitrogens with one attached hydrogen (secondary N) is 2. The summed E-state index contributed by atoms with van der Waals surface area (Å²) in [5.74, 6) is -0.0564. The van der Waals surface area contributed by atoms with E-state index in [4.69, 9.17) is 5.26 Å². The Balaban J connectivity index is 1.98. The molecule has 0 bridgehead atoms. The number of hydrogen-bond donors (Lipinski definition) is 2. The highest BCUT2D eigenvalue weighted by Crippen LogP contribution is 2.19. The molecule has 2 aromatic carbocycles. The number of hydrogen-bond acceptors (Lipinski definition) is 3. The Kier molecular flexibility index (Phi) is 6.39. The van der Waals surface area contributed by atoms with Gasteiger partial charge in [-0.2, -0.15) is 5.26 Å². The predicted octanol–water partition coefficient (Wildman–Crippen LogP) is 3.94. The van der Waals surface area contributed by atoms with E-state index in [2.05, 4.69) is 23.6 Å². The van der Waals surface area contributed by atoms with Crippen molar-refractivity contribution in [2.75, 3.05) is 11.9 Å². The molecule has 2 N–H and O–H groups in total. The summed E-state index contributed by atoms with van der Waals surface area (Å²) < 4.78 is 0. The van der Waals surface area contributed by atoms with Crippen LogP contribution in [0.15, 0.2) is 48.5 Å². The van der Waals surface area contributed by atoms with Gasteiger partial charge in [0.05, 0.1) is 24.2 Å². The quantitative estimate of drug-likeness (QED) is 0.812. The largest absolute Gasteiger partial charge is 0.376 e. The zero-order chi connectivity index (χ0) is 17.4. The molecule has 0 spiro atoms. The fraction of sp³-hybridized carbons (Fsp3) is 0.300. The second kappa shape index (κ2) is 8.73. The van der Waals surface area contributed by atoms with Crippen LogP contribution < -0.4 is 10.6 Å². The maximum absolute atomic E-state index is 12.3. The van der Waals surface area contributed by atoms with Crippen LogP contribution in [-0.4, -0.2) is 12.5 Å². The fourth-order valence-corrected chi connectivity index (χ4v) is 2.60. The molecule has 1 amide bonds. The van der Waals surface area contributed by atoms with Gasteiger partial charge in [0.15, 0.2) is 0 Å². The van der Waals surface area contributed by atoms with Crippen molar-refractivity contribution in [1.29, 1.82) is 5.26 Å². The first-order valence-corrected chi connectivity index (χ1v) is 8.23. The summed E-state index contributed by atoms with van der Waals surface area (Å²) in [5.41, 5.74) is 3.53. The zero-order valence-corrected chi connectivity index (χ0v) is 14.2. The van der Waals surface area contributed by atoms with Crippen LogP contribution in [0.2, 0.25) is 0 Å². The van der Waals surface area contributed by atoms with Crippen molar-refractivity contribution in [1.82, 2.24) is 5.32 Å². The van der Waals surface area contributed by atoms with Gasteiger partial charge in [0.2, 0.25) is 5.91 Å². The lowest BCUT2D eigenvalue weighted by atomic mass is 10.0. The summed E-state index contributed by atoms with van der Waals surface area (Å²) >= 11 is 0. The van der Waals surface area contributed by atoms with E-state index in [0.29, 0.717) is 5.56 Å². The van der Waals surface area contributed by atoms with Crippen molar-refractivity contribution in [3.63, 3.8) is 0 Å². The molecule has 0 aliphatic heterocycles. The molecule has 0 fully saturated rings. The van der Waals surface area contributed by atoms with Crippen LogP contribution in [-0.2, 0) is 4.79 Å². The molecule has 0 aliphatic rings. The highest BCUT2D eigenvalue weighted by molar-refractivity contribution is 5.81. The normalized spacial score (nSPS) is 11.4. The first-order valence-electron chi connectivity index (χ1n) is 8.23. The molecule has 1 unspecified atom stereocenters. The van der Waals surface area contributed by atoms with E-state index >= 15 is 0 Å². The van der Waals surface area contributed by atoms with E-state index in [9.17, 15) is 4.79 Å². The lowest BCUT2D eigenvalue weighted by Crippen LogP contribution is -2.33. The lowest BCUT2D eigenvalue weighted by Gasteiger charge is -2.19. The minimum Gasteiger partial charge on any atom is -0.376 e. The summed E-state index contributed by atoms with van der Waals surface area (Å²) in [6.07, 6.45) is 1.90. The Morgan fingerprint density at radius 3 is 2.62 bits per heavy atom. The predicted molar refractivity (Wildman–Crippen MR) is 96.6 cm³/mol. The third-order valence-corrected chi connectivity index (χ3v) is 3.92. The number of aryl methyl sites for hydroxylation is 1. The molecule has 124 valence electrons. The molecule has 1 atom stereocenters. The Hall–Kier alpha value is -2.80. The smallest absolute Gasteiger partial charge is 0.239 e. The van der Waals surface area contributed by atoms with E-state index in [1.54, 1.807) is 12.1 Å². The third-order valence-electron chi connectivity index (χ3n) is 3.92. The standard InChI is InChI=1S/C20H23N3O/c1-3-7-18(17-8-5-4-6-9-17)23-20(24)14-22-19-12-16(13-21)11-10-15(19)2/h4-6,8-12,18,22H,3,7,14H2,1-2H3,(H,23,24). The summed E-state index contributed by atoms with van der Waals surface area (Å²) in [6.45, 7) is 4.24. The molecule has 0 aliphatic carbocycles. The molecule has 0 aromatic heterocycles. The van der Waals surface area contributed by atoms with Crippen LogP contribution >= 0.6 is 0 Å². The van der Waals surface area contributed by atoms with Crippen LogP contribution in [0.3, 0.4) is 0 Å². The van der Waals surface area contributed by atoms with Crippen molar-refractivity contribution < 1.29 is 4.79 Å². The molecular weight excluding hydrogens is 298 g/mol. The molecule has 0 radical (unpaired) electrons. The van der Waals surface area contributed by atoms with Gasteiger partial charge in [0.1, 0.15) is 0 Å². The van der Waals surface area contributed by atoms with E-state index in [1.807, 2.05) is 43.3 Å². The summed E-state index contributed by atoms with van der Waals surface area (Å²) in [7, 11) is 0. The number of amides is 1. The van der Waals surface area contributed by atoms with Gasteiger partial charge in [0.25, 0.3) is 0 Å². The first-order chi connectivity index (χ1) is 11.6. The number of nitriles is 1. The maximum Gasteiger partial charge on any atom is 0.239 e. The van der Waals surface area contributed by atoms with Crippen LogP contribution in [0.5, 0.6) is 0 Å². The van der Waals surface area contributed by atoms with E-state index in [1.165, 1.54) is 0 Å². The number of nitrogens with zero attached hydrogens (tertiary/aromatic N) is 1. The number of anilines is 1. The van der Waals surface area contributed by atoms with Gasteiger partial charge < -0.3 is 10.6 Å². The highest BCUT2D eigenvalue weighted by atomic mass is 16.1. The first kappa shape index (κ1) is 17.6. The Bertz CT molecular complexity index is 719. The second-order valence-electron chi connectivity index (χ2n) is 5.81. The van der Waals surface area contributed by atoms with Crippen molar-refractivity contribution >= 4 is 11.6 Å². The molecule has 0 heterocycles. The fourth-order valence-electron chi connectivity index (χ4n) is 2.60. The molecule has 24 heavy (non-hydrogen) atoms. The number of carbonyl (C=O) groups is 1. The average molecular weight is 321 g/mol. The second-order valence-corrected chi connectivity index (χ2v) is 5.81.